The van der Waals surface area contributed by atoms with Gasteiger partial charge in [0.25, 0.3) is 5.91 Å². The molecule has 1 fully saturated rings. The minimum Gasteiger partial charge on any atom is -0.497 e. The van der Waals surface area contributed by atoms with Gasteiger partial charge in [0.1, 0.15) is 5.75 Å². The van der Waals surface area contributed by atoms with Crippen molar-refractivity contribution >= 4 is 22.8 Å². The summed E-state index contributed by atoms with van der Waals surface area (Å²) in [6, 6.07) is 16.0. The summed E-state index contributed by atoms with van der Waals surface area (Å²) in [5, 5.41) is 7.82. The van der Waals surface area contributed by atoms with Crippen molar-refractivity contribution < 1.29 is 14.3 Å². The molecule has 9 heteroatoms. The van der Waals surface area contributed by atoms with E-state index in [0.29, 0.717) is 44.7 Å². The van der Waals surface area contributed by atoms with E-state index >= 15 is 0 Å². The first-order chi connectivity index (χ1) is 18.1. The lowest BCUT2D eigenvalue weighted by molar-refractivity contribution is -0.132. The van der Waals surface area contributed by atoms with Crippen LogP contribution in [0.25, 0.3) is 11.0 Å². The van der Waals surface area contributed by atoms with Crippen LogP contribution in [0.3, 0.4) is 0 Å². The zero-order valence-corrected chi connectivity index (χ0v) is 20.9. The number of aryl methyl sites for hydroxylation is 1. The normalized spacial score (nSPS) is 15.0. The molecule has 1 N–H and O–H groups in total. The molecule has 1 aliphatic heterocycles. The summed E-state index contributed by atoms with van der Waals surface area (Å²) in [6.45, 7) is 2.10. The summed E-state index contributed by atoms with van der Waals surface area (Å²) in [7, 11) is 1.65. The average molecular weight is 499 g/mol. The molecule has 0 saturated heterocycles. The number of ether oxygens (including phenoxy) is 1. The van der Waals surface area contributed by atoms with E-state index in [9.17, 15) is 9.59 Å². The van der Waals surface area contributed by atoms with Gasteiger partial charge in [-0.3, -0.25) is 14.3 Å². The number of amides is 2. The molecule has 0 atom stereocenters. The van der Waals surface area contributed by atoms with Gasteiger partial charge in [-0.25, -0.2) is 4.98 Å². The van der Waals surface area contributed by atoms with Gasteiger partial charge in [0.2, 0.25) is 5.91 Å². The Bertz CT molecular complexity index is 1470. The van der Waals surface area contributed by atoms with Gasteiger partial charge >= 0.3 is 0 Å². The van der Waals surface area contributed by atoms with Crippen LogP contribution in [-0.4, -0.2) is 55.7 Å². The number of carbonyl (C=O) groups is 2. The number of benzene rings is 2. The number of carbonyl (C=O) groups excluding carboxylic acids is 2. The Morgan fingerprint density at radius 3 is 2.84 bits per heavy atom. The molecule has 1 saturated carbocycles. The van der Waals surface area contributed by atoms with Crippen LogP contribution in [0.5, 0.6) is 5.75 Å². The Kier molecular flexibility index (Phi) is 6.12. The molecular weight excluding hydrogens is 468 g/mol. The molecule has 0 unspecified atom stereocenters. The van der Waals surface area contributed by atoms with E-state index in [0.717, 1.165) is 46.4 Å². The van der Waals surface area contributed by atoms with Crippen molar-refractivity contribution in [2.24, 2.45) is 0 Å². The highest BCUT2D eigenvalue weighted by Crippen LogP contribution is 2.27. The Labute approximate surface area is 215 Å². The molecule has 37 heavy (non-hydrogen) atoms. The minimum atomic E-state index is -0.151. The van der Waals surface area contributed by atoms with E-state index in [4.69, 9.17) is 9.84 Å². The molecule has 2 aromatic carbocycles. The molecule has 4 aromatic rings. The van der Waals surface area contributed by atoms with Crippen LogP contribution < -0.4 is 10.1 Å². The quantitative estimate of drug-likeness (QED) is 0.403. The Morgan fingerprint density at radius 2 is 2.00 bits per heavy atom. The maximum Gasteiger partial charge on any atom is 0.272 e. The molecule has 0 spiro atoms. The molecule has 190 valence electrons. The third kappa shape index (κ3) is 4.81. The van der Waals surface area contributed by atoms with Crippen LogP contribution in [0.4, 0.5) is 0 Å². The van der Waals surface area contributed by atoms with Crippen LogP contribution >= 0.6 is 0 Å². The van der Waals surface area contributed by atoms with Crippen LogP contribution in [-0.2, 0) is 30.8 Å². The first-order valence-corrected chi connectivity index (χ1v) is 12.8. The molecule has 0 bridgehead atoms. The summed E-state index contributed by atoms with van der Waals surface area (Å²) in [6.07, 6.45) is 4.83. The van der Waals surface area contributed by atoms with Gasteiger partial charge in [-0.2, -0.15) is 5.10 Å². The Morgan fingerprint density at radius 1 is 1.14 bits per heavy atom. The zero-order valence-electron chi connectivity index (χ0n) is 20.9. The van der Waals surface area contributed by atoms with E-state index in [1.165, 1.54) is 0 Å². The smallest absolute Gasteiger partial charge is 0.272 e. The fraction of sp³-hybridized carbons (Fsp3) is 0.357. The van der Waals surface area contributed by atoms with Gasteiger partial charge in [-0.05, 0) is 42.7 Å². The number of imidazole rings is 1. The monoisotopic (exact) mass is 498 g/mol. The second kappa shape index (κ2) is 9.72. The predicted molar refractivity (Wildman–Crippen MR) is 138 cm³/mol. The van der Waals surface area contributed by atoms with E-state index in [2.05, 4.69) is 10.3 Å². The minimum absolute atomic E-state index is 0.0672. The highest BCUT2D eigenvalue weighted by molar-refractivity contribution is 5.94. The fourth-order valence-corrected chi connectivity index (χ4v) is 5.00. The van der Waals surface area contributed by atoms with Gasteiger partial charge in [-0.1, -0.05) is 24.3 Å². The molecule has 0 radical (unpaired) electrons. The lowest BCUT2D eigenvalue weighted by atomic mass is 10.0. The van der Waals surface area contributed by atoms with Gasteiger partial charge in [0.05, 0.1) is 31.0 Å². The van der Waals surface area contributed by atoms with Crippen molar-refractivity contribution in [2.45, 2.75) is 51.4 Å². The largest absolute Gasteiger partial charge is 0.497 e. The first-order valence-electron chi connectivity index (χ1n) is 12.8. The summed E-state index contributed by atoms with van der Waals surface area (Å²) in [5.41, 5.74) is 5.30. The highest BCUT2D eigenvalue weighted by atomic mass is 16.5. The predicted octanol–water partition coefficient (Wildman–Crippen LogP) is 3.16. The van der Waals surface area contributed by atoms with Crippen molar-refractivity contribution in [1.29, 1.82) is 0 Å². The molecule has 6 rings (SSSR count). The lowest BCUT2D eigenvalue weighted by Gasteiger charge is -2.28. The van der Waals surface area contributed by atoms with Gasteiger partial charge < -0.3 is 19.5 Å². The summed E-state index contributed by atoms with van der Waals surface area (Å²) < 4.78 is 9.31. The number of rotatable bonds is 8. The highest BCUT2D eigenvalue weighted by Gasteiger charge is 2.32. The van der Waals surface area contributed by atoms with Crippen LogP contribution in [0, 0.1) is 0 Å². The number of methoxy groups -OCH3 is 1. The van der Waals surface area contributed by atoms with E-state index < -0.39 is 0 Å². The number of para-hydroxylation sites is 2. The van der Waals surface area contributed by atoms with Gasteiger partial charge in [-0.15, -0.1) is 0 Å². The second-order valence-corrected chi connectivity index (χ2v) is 9.77. The van der Waals surface area contributed by atoms with Crippen molar-refractivity contribution in [3.63, 3.8) is 0 Å². The van der Waals surface area contributed by atoms with Crippen molar-refractivity contribution in [2.75, 3.05) is 13.7 Å². The molecule has 2 aromatic heterocycles. The number of fused-ring (bicyclic) bond motifs is 2. The van der Waals surface area contributed by atoms with Gasteiger partial charge in [0.15, 0.2) is 5.69 Å². The van der Waals surface area contributed by atoms with E-state index in [1.807, 2.05) is 62.7 Å². The Hall–Kier alpha value is -4.14. The van der Waals surface area contributed by atoms with Crippen molar-refractivity contribution in [3.05, 3.63) is 77.4 Å². The maximum absolute atomic E-state index is 13.2. The molecule has 3 heterocycles. The SMILES string of the molecule is COc1cccc(Cn2nc(C(=O)NC3CC3)c3c2CCN(C(=O)CCn2cnc4ccccc42)C3)c1. The topological polar surface area (TPSA) is 94.3 Å². The van der Waals surface area contributed by atoms with Crippen molar-refractivity contribution in [1.82, 2.24) is 29.5 Å². The molecule has 1 aliphatic carbocycles. The second-order valence-electron chi connectivity index (χ2n) is 9.77. The first kappa shape index (κ1) is 23.3. The maximum atomic E-state index is 13.2. The number of aromatic nitrogens is 4. The number of hydrogen-bond acceptors (Lipinski definition) is 5. The average Bonchev–Trinajstić information content (AvgIpc) is 3.53. The van der Waals surface area contributed by atoms with Crippen LogP contribution in [0.15, 0.2) is 54.9 Å². The molecule has 2 amide bonds. The molecule has 2 aliphatic rings. The lowest BCUT2D eigenvalue weighted by Crippen LogP contribution is -2.37. The van der Waals surface area contributed by atoms with Crippen LogP contribution in [0.1, 0.15) is 46.6 Å². The number of nitrogens with zero attached hydrogens (tertiary/aromatic N) is 5. The van der Waals surface area contributed by atoms with Gasteiger partial charge in [0, 0.05) is 49.8 Å². The number of hydrogen-bond donors (Lipinski definition) is 1. The number of nitrogens with one attached hydrogen (secondary N) is 1. The van der Waals surface area contributed by atoms with Crippen LogP contribution in [0.2, 0.25) is 0 Å². The zero-order chi connectivity index (χ0) is 25.4. The molecule has 9 nitrogen and oxygen atoms in total. The Balaban J connectivity index is 1.21. The van der Waals surface area contributed by atoms with E-state index in [-0.39, 0.29) is 17.9 Å². The van der Waals surface area contributed by atoms with E-state index in [1.54, 1.807) is 13.4 Å². The third-order valence-electron chi connectivity index (χ3n) is 7.17. The standard InChI is InChI=1S/C28H30N6O3/c1-37-21-6-4-5-19(15-21)16-34-24-11-13-32(17-22(24)27(31-34)28(36)30-20-9-10-20)26(35)12-14-33-18-29-23-7-2-3-8-25(23)33/h2-8,15,18,20H,9-14,16-17H2,1H3,(H,30,36). The summed E-state index contributed by atoms with van der Waals surface area (Å²) in [5.74, 6) is 0.701. The fourth-order valence-electron chi connectivity index (χ4n) is 5.00. The van der Waals surface area contributed by atoms with Crippen molar-refractivity contribution in [3.8, 4) is 5.75 Å². The third-order valence-corrected chi connectivity index (χ3v) is 7.17. The summed E-state index contributed by atoms with van der Waals surface area (Å²) in [4.78, 5) is 32.6. The summed E-state index contributed by atoms with van der Waals surface area (Å²) >= 11 is 0. The molecular formula is C28H30N6O3.